The van der Waals surface area contributed by atoms with Crippen LogP contribution in [0.25, 0.3) is 0 Å². The Labute approximate surface area is 131 Å². The molecule has 0 atom stereocenters. The van der Waals surface area contributed by atoms with Crippen LogP contribution in [0.15, 0.2) is 35.0 Å². The van der Waals surface area contributed by atoms with Crippen molar-refractivity contribution >= 4 is 17.1 Å². The number of benzene rings is 1. The summed E-state index contributed by atoms with van der Waals surface area (Å²) in [5, 5.41) is 7.36. The Balaban J connectivity index is 1.56. The van der Waals surface area contributed by atoms with Gasteiger partial charge in [0.15, 0.2) is 5.76 Å². The Morgan fingerprint density at radius 3 is 2.41 bits per heavy atom. The summed E-state index contributed by atoms with van der Waals surface area (Å²) in [7, 11) is 4.14. The zero-order valence-corrected chi connectivity index (χ0v) is 13.5. The maximum absolute atomic E-state index is 5.10. The van der Waals surface area contributed by atoms with Crippen molar-refractivity contribution in [2.24, 2.45) is 0 Å². The Morgan fingerprint density at radius 2 is 1.86 bits per heavy atom. The molecule has 5 nitrogen and oxygen atoms in total. The van der Waals surface area contributed by atoms with Crippen molar-refractivity contribution in [3.05, 3.63) is 36.2 Å². The van der Waals surface area contributed by atoms with E-state index in [0.29, 0.717) is 6.04 Å². The van der Waals surface area contributed by atoms with Crippen LogP contribution in [0.4, 0.5) is 17.1 Å². The summed E-state index contributed by atoms with van der Waals surface area (Å²) in [6, 6.07) is 9.29. The first-order chi connectivity index (χ1) is 10.6. The van der Waals surface area contributed by atoms with E-state index in [1.807, 2.05) is 6.92 Å². The average molecular weight is 300 g/mol. The molecule has 1 aromatic carbocycles. The molecule has 1 N–H and O–H groups in total. The number of hydrogen-bond donors (Lipinski definition) is 1. The van der Waals surface area contributed by atoms with Gasteiger partial charge >= 0.3 is 0 Å². The molecule has 1 aliphatic heterocycles. The topological polar surface area (TPSA) is 44.5 Å². The molecular weight excluding hydrogens is 276 g/mol. The van der Waals surface area contributed by atoms with Gasteiger partial charge in [0.2, 0.25) is 0 Å². The number of piperidine rings is 1. The minimum Gasteiger partial charge on any atom is -0.378 e. The molecule has 2 aromatic rings. The van der Waals surface area contributed by atoms with Crippen molar-refractivity contribution in [1.29, 1.82) is 0 Å². The fraction of sp³-hybridized carbons (Fsp3) is 0.471. The number of nitrogens with zero attached hydrogens (tertiary/aromatic N) is 3. The first-order valence-electron chi connectivity index (χ1n) is 7.83. The largest absolute Gasteiger partial charge is 0.378 e. The zero-order valence-electron chi connectivity index (χ0n) is 13.5. The molecule has 1 aromatic heterocycles. The third-order valence-electron chi connectivity index (χ3n) is 4.34. The minimum atomic E-state index is 0.496. The van der Waals surface area contributed by atoms with Crippen molar-refractivity contribution in [2.45, 2.75) is 25.8 Å². The Morgan fingerprint density at radius 1 is 1.18 bits per heavy atom. The van der Waals surface area contributed by atoms with E-state index in [1.165, 1.54) is 11.4 Å². The molecular formula is C17H24N4O. The van der Waals surface area contributed by atoms with Crippen LogP contribution in [0.3, 0.4) is 0 Å². The highest BCUT2D eigenvalue weighted by Gasteiger charge is 2.20. The van der Waals surface area contributed by atoms with E-state index < -0.39 is 0 Å². The summed E-state index contributed by atoms with van der Waals surface area (Å²) in [5.41, 5.74) is 3.57. The van der Waals surface area contributed by atoms with Gasteiger partial charge in [-0.3, -0.25) is 0 Å². The van der Waals surface area contributed by atoms with Crippen molar-refractivity contribution in [2.75, 3.05) is 42.3 Å². The van der Waals surface area contributed by atoms with Crippen molar-refractivity contribution < 1.29 is 4.52 Å². The Hall–Kier alpha value is -2.17. The van der Waals surface area contributed by atoms with Gasteiger partial charge in [-0.2, -0.15) is 0 Å². The van der Waals surface area contributed by atoms with Gasteiger partial charge in [-0.15, -0.1) is 0 Å². The van der Waals surface area contributed by atoms with Gasteiger partial charge in [-0.05, 0) is 44.0 Å². The first-order valence-corrected chi connectivity index (χ1v) is 7.83. The maximum atomic E-state index is 5.10. The lowest BCUT2D eigenvalue weighted by Crippen LogP contribution is -2.39. The molecule has 1 saturated heterocycles. The summed E-state index contributed by atoms with van der Waals surface area (Å²) in [6.45, 7) is 4.09. The van der Waals surface area contributed by atoms with Crippen LogP contribution >= 0.6 is 0 Å². The van der Waals surface area contributed by atoms with Gasteiger partial charge in [0.25, 0.3) is 0 Å². The maximum Gasteiger partial charge on any atom is 0.156 e. The smallest absolute Gasteiger partial charge is 0.156 e. The van der Waals surface area contributed by atoms with E-state index in [-0.39, 0.29) is 0 Å². The van der Waals surface area contributed by atoms with Crippen molar-refractivity contribution in [3.63, 3.8) is 0 Å². The summed E-state index contributed by atoms with van der Waals surface area (Å²) in [6.07, 6.45) is 4.02. The molecule has 0 unspecified atom stereocenters. The number of aromatic nitrogens is 1. The second-order valence-electron chi connectivity index (χ2n) is 6.11. The summed E-state index contributed by atoms with van der Waals surface area (Å²) >= 11 is 0. The van der Waals surface area contributed by atoms with E-state index in [2.05, 4.69) is 58.6 Å². The Kier molecular flexibility index (Phi) is 4.22. The number of hydrogen-bond acceptors (Lipinski definition) is 5. The normalized spacial score (nSPS) is 15.9. The van der Waals surface area contributed by atoms with Crippen molar-refractivity contribution in [3.8, 4) is 0 Å². The second kappa shape index (κ2) is 6.30. The molecule has 3 rings (SSSR count). The van der Waals surface area contributed by atoms with Gasteiger partial charge in [0.1, 0.15) is 0 Å². The number of aryl methyl sites for hydroxylation is 1. The SMILES string of the molecule is Cc1oncc1NC1CCN(c2ccc(N(C)C)cc2)CC1. The van der Waals surface area contributed by atoms with Gasteiger partial charge in [-0.25, -0.2) is 0 Å². The van der Waals surface area contributed by atoms with E-state index in [0.717, 1.165) is 37.4 Å². The quantitative estimate of drug-likeness (QED) is 0.940. The second-order valence-corrected chi connectivity index (χ2v) is 6.11. The molecule has 2 heterocycles. The lowest BCUT2D eigenvalue weighted by atomic mass is 10.0. The number of rotatable bonds is 4. The lowest BCUT2D eigenvalue weighted by Gasteiger charge is -2.34. The third kappa shape index (κ3) is 3.18. The summed E-state index contributed by atoms with van der Waals surface area (Å²) < 4.78 is 5.10. The molecule has 0 saturated carbocycles. The highest BCUT2D eigenvalue weighted by atomic mass is 16.5. The summed E-state index contributed by atoms with van der Waals surface area (Å²) in [4.78, 5) is 4.58. The van der Waals surface area contributed by atoms with Gasteiger partial charge in [0.05, 0.1) is 11.9 Å². The van der Waals surface area contributed by atoms with Crippen LogP contribution in [-0.2, 0) is 0 Å². The fourth-order valence-corrected chi connectivity index (χ4v) is 2.90. The van der Waals surface area contributed by atoms with Gasteiger partial charge in [-0.1, -0.05) is 5.16 Å². The predicted octanol–water partition coefficient (Wildman–Crippen LogP) is 3.13. The van der Waals surface area contributed by atoms with Crippen LogP contribution in [-0.4, -0.2) is 38.4 Å². The minimum absolute atomic E-state index is 0.496. The molecule has 0 aliphatic carbocycles. The third-order valence-corrected chi connectivity index (χ3v) is 4.34. The van der Waals surface area contributed by atoms with E-state index in [4.69, 9.17) is 4.52 Å². The molecule has 1 fully saturated rings. The molecule has 118 valence electrons. The summed E-state index contributed by atoms with van der Waals surface area (Å²) in [5.74, 6) is 0.863. The molecule has 5 heteroatoms. The van der Waals surface area contributed by atoms with Gasteiger partial charge < -0.3 is 19.6 Å². The highest BCUT2D eigenvalue weighted by molar-refractivity contribution is 5.56. The van der Waals surface area contributed by atoms with E-state index in [9.17, 15) is 0 Å². The lowest BCUT2D eigenvalue weighted by molar-refractivity contribution is 0.397. The fourth-order valence-electron chi connectivity index (χ4n) is 2.90. The van der Waals surface area contributed by atoms with E-state index in [1.54, 1.807) is 6.20 Å². The Bertz CT molecular complexity index is 597. The predicted molar refractivity (Wildman–Crippen MR) is 90.9 cm³/mol. The first kappa shape index (κ1) is 14.8. The standard InChI is InChI=1S/C17H24N4O/c1-13-17(12-18-22-13)19-14-8-10-21(11-9-14)16-6-4-15(5-7-16)20(2)3/h4-7,12,14,19H,8-11H2,1-3H3. The highest BCUT2D eigenvalue weighted by Crippen LogP contribution is 2.25. The molecule has 1 aliphatic rings. The average Bonchev–Trinajstić information content (AvgIpc) is 2.93. The molecule has 22 heavy (non-hydrogen) atoms. The molecule has 0 bridgehead atoms. The van der Waals surface area contributed by atoms with Gasteiger partial charge in [0, 0.05) is 44.6 Å². The van der Waals surface area contributed by atoms with Crippen molar-refractivity contribution in [1.82, 2.24) is 5.16 Å². The molecule has 0 amide bonds. The van der Waals surface area contributed by atoms with Crippen LogP contribution in [0.2, 0.25) is 0 Å². The monoisotopic (exact) mass is 300 g/mol. The zero-order chi connectivity index (χ0) is 15.5. The van der Waals surface area contributed by atoms with Crippen LogP contribution in [0.1, 0.15) is 18.6 Å². The van der Waals surface area contributed by atoms with Crippen LogP contribution in [0, 0.1) is 6.92 Å². The van der Waals surface area contributed by atoms with Crippen LogP contribution < -0.4 is 15.1 Å². The molecule has 0 radical (unpaired) electrons. The van der Waals surface area contributed by atoms with E-state index >= 15 is 0 Å². The molecule has 0 spiro atoms. The van der Waals surface area contributed by atoms with Crippen LogP contribution in [0.5, 0.6) is 0 Å². The number of anilines is 3. The number of nitrogens with one attached hydrogen (secondary N) is 1.